The van der Waals surface area contributed by atoms with Gasteiger partial charge >= 0.3 is 0 Å². The van der Waals surface area contributed by atoms with Crippen LogP contribution in [0.5, 0.6) is 0 Å². The summed E-state index contributed by atoms with van der Waals surface area (Å²) in [5, 5.41) is 11.1. The molecule has 0 radical (unpaired) electrons. The molecule has 2 heterocycles. The van der Waals surface area contributed by atoms with Crippen LogP contribution in [0.2, 0.25) is 0 Å². The Balaban J connectivity index is 0.980. The summed E-state index contributed by atoms with van der Waals surface area (Å²) in [6.45, 7) is 22.8. The first kappa shape index (κ1) is 35.7. The van der Waals surface area contributed by atoms with E-state index in [-0.39, 0.29) is 61.5 Å². The molecule has 0 spiro atoms. The van der Waals surface area contributed by atoms with Gasteiger partial charge in [0.25, 0.3) is 0 Å². The first-order valence-corrected chi connectivity index (χ1v) is 20.3. The summed E-state index contributed by atoms with van der Waals surface area (Å²) in [6, 6.07) is 0. The van der Waals surface area contributed by atoms with Crippen molar-refractivity contribution in [3.63, 3.8) is 0 Å². The van der Waals surface area contributed by atoms with Crippen molar-refractivity contribution in [3.8, 4) is 0 Å². The lowest BCUT2D eigenvalue weighted by molar-refractivity contribution is -0.307. The molecule has 8 aliphatic carbocycles. The largest absolute Gasteiger partial charge is 0.396 e. The fraction of sp³-hybridized carbons (Fsp3) is 1.00. The molecule has 2 aliphatic heterocycles. The van der Waals surface area contributed by atoms with Crippen LogP contribution in [0.1, 0.15) is 145 Å². The predicted octanol–water partition coefficient (Wildman–Crippen LogP) is 8.04. The second kappa shape index (κ2) is 11.4. The first-order chi connectivity index (χ1) is 23.0. The minimum Gasteiger partial charge on any atom is -0.396 e. The number of hydrogen-bond donors (Lipinski definition) is 1. The Kier molecular flexibility index (Phi) is 8.29. The number of ether oxygens (including phenoxy) is 6. The maximum Gasteiger partial charge on any atom is 0.0720 e. The second-order valence-corrected chi connectivity index (χ2v) is 22.0. The molecule has 0 amide bonds. The number of rotatable bonds is 16. The van der Waals surface area contributed by atoms with E-state index in [1.807, 2.05) is 0 Å². The van der Waals surface area contributed by atoms with Crippen LogP contribution in [-0.4, -0.2) is 87.0 Å². The van der Waals surface area contributed by atoms with Crippen LogP contribution in [0, 0.1) is 37.9 Å². The van der Waals surface area contributed by atoms with E-state index in [2.05, 4.69) is 48.5 Å². The van der Waals surface area contributed by atoms with Crippen molar-refractivity contribution in [2.75, 3.05) is 59.5 Å². The molecule has 4 unspecified atom stereocenters. The van der Waals surface area contributed by atoms with E-state index in [1.165, 1.54) is 12.8 Å². The number of aliphatic hydroxyl groups excluding tert-OH is 1. The topological polar surface area (TPSA) is 75.6 Å². The molecule has 0 aromatic carbocycles. The lowest BCUT2D eigenvalue weighted by Gasteiger charge is -2.69. The van der Waals surface area contributed by atoms with Gasteiger partial charge in [0.2, 0.25) is 0 Å². The highest BCUT2D eigenvalue weighted by Crippen LogP contribution is 2.71. The molecule has 49 heavy (non-hydrogen) atoms. The smallest absolute Gasteiger partial charge is 0.0720 e. The molecule has 7 heteroatoms. The molecule has 10 fully saturated rings. The number of aliphatic hydroxyl groups is 1. The Morgan fingerprint density at radius 2 is 0.816 bits per heavy atom. The van der Waals surface area contributed by atoms with Gasteiger partial charge in [-0.2, -0.15) is 0 Å². The van der Waals surface area contributed by atoms with Crippen LogP contribution >= 0.6 is 0 Å². The zero-order valence-electron chi connectivity index (χ0n) is 32.4. The molecule has 280 valence electrons. The van der Waals surface area contributed by atoms with Crippen LogP contribution < -0.4 is 0 Å². The van der Waals surface area contributed by atoms with Crippen molar-refractivity contribution in [1.29, 1.82) is 0 Å². The van der Waals surface area contributed by atoms with Gasteiger partial charge in [-0.1, -0.05) is 48.5 Å². The van der Waals surface area contributed by atoms with E-state index in [0.29, 0.717) is 13.2 Å². The van der Waals surface area contributed by atoms with Crippen molar-refractivity contribution in [3.05, 3.63) is 0 Å². The molecule has 8 bridgehead atoms. The average Bonchev–Trinajstić information content (AvgIpc) is 2.93. The van der Waals surface area contributed by atoms with Crippen molar-refractivity contribution in [2.45, 2.75) is 167 Å². The Morgan fingerprint density at radius 3 is 1.06 bits per heavy atom. The van der Waals surface area contributed by atoms with E-state index in [4.69, 9.17) is 28.4 Å². The van der Waals surface area contributed by atoms with Crippen LogP contribution in [0.4, 0.5) is 0 Å². The quantitative estimate of drug-likeness (QED) is 0.176. The highest BCUT2D eigenvalue weighted by molar-refractivity contribution is 5.20. The predicted molar refractivity (Wildman–Crippen MR) is 189 cm³/mol. The first-order valence-electron chi connectivity index (χ1n) is 20.3. The molecule has 10 rings (SSSR count). The summed E-state index contributed by atoms with van der Waals surface area (Å²) in [5.74, 6) is 0. The van der Waals surface area contributed by atoms with Gasteiger partial charge in [-0.3, -0.25) is 0 Å². The Morgan fingerprint density at radius 1 is 0.490 bits per heavy atom. The monoisotopic (exact) mass is 687 g/mol. The minimum absolute atomic E-state index is 0.0834. The van der Waals surface area contributed by atoms with Crippen molar-refractivity contribution < 1.29 is 33.5 Å². The summed E-state index contributed by atoms with van der Waals surface area (Å²) in [7, 11) is 0. The molecule has 4 atom stereocenters. The van der Waals surface area contributed by atoms with Crippen molar-refractivity contribution in [1.82, 2.24) is 0 Å². The Hall–Kier alpha value is -0.280. The lowest BCUT2D eigenvalue weighted by Crippen LogP contribution is -2.68. The maximum absolute atomic E-state index is 11.1. The molecule has 0 aromatic heterocycles. The fourth-order valence-corrected chi connectivity index (χ4v) is 14.8. The molecule has 1 N–H and O–H groups in total. The van der Waals surface area contributed by atoms with Crippen LogP contribution in [-0.2, 0) is 28.4 Å². The van der Waals surface area contributed by atoms with Gasteiger partial charge in [0, 0.05) is 29.1 Å². The highest BCUT2D eigenvalue weighted by atomic mass is 16.5. The molecular formula is C42H70O7. The molecule has 7 nitrogen and oxygen atoms in total. The summed E-state index contributed by atoms with van der Waals surface area (Å²) in [6.07, 6.45) is 16.5. The SMILES string of the molecule is CCC1(COC23CC4(C)CC(C)(C2)CC(OCC(CC)(CO)COC25CC6(C)CC(C)(CC(OCC7(CC)COC7)(C6)C2)C5)(C4)C3)COC1. The summed E-state index contributed by atoms with van der Waals surface area (Å²) >= 11 is 0. The van der Waals surface area contributed by atoms with Gasteiger partial charge in [0.1, 0.15) is 0 Å². The molecule has 10 aliphatic rings. The van der Waals surface area contributed by atoms with Gasteiger partial charge in [-0.15, -0.1) is 0 Å². The van der Waals surface area contributed by atoms with Crippen LogP contribution in [0.15, 0.2) is 0 Å². The Bertz CT molecular complexity index is 1120. The van der Waals surface area contributed by atoms with E-state index < -0.39 is 5.41 Å². The maximum atomic E-state index is 11.1. The van der Waals surface area contributed by atoms with Gasteiger partial charge < -0.3 is 33.5 Å². The van der Waals surface area contributed by atoms with Gasteiger partial charge in [0.15, 0.2) is 0 Å². The molecule has 8 saturated carbocycles. The number of hydrogen-bond acceptors (Lipinski definition) is 7. The van der Waals surface area contributed by atoms with Crippen LogP contribution in [0.25, 0.3) is 0 Å². The summed E-state index contributed by atoms with van der Waals surface area (Å²) in [5.41, 5.74) is 0.186. The van der Waals surface area contributed by atoms with Gasteiger partial charge in [-0.05, 0) is 105 Å². The molecule has 2 saturated heterocycles. The second-order valence-electron chi connectivity index (χ2n) is 22.0. The zero-order chi connectivity index (χ0) is 34.7. The van der Waals surface area contributed by atoms with E-state index in [0.717, 1.165) is 123 Å². The highest BCUT2D eigenvalue weighted by Gasteiger charge is 2.69. The van der Waals surface area contributed by atoms with Crippen molar-refractivity contribution >= 4 is 0 Å². The van der Waals surface area contributed by atoms with E-state index in [1.54, 1.807) is 0 Å². The summed E-state index contributed by atoms with van der Waals surface area (Å²) < 4.78 is 40.1. The van der Waals surface area contributed by atoms with Gasteiger partial charge in [0.05, 0.1) is 81.9 Å². The fourth-order valence-electron chi connectivity index (χ4n) is 14.8. The summed E-state index contributed by atoms with van der Waals surface area (Å²) in [4.78, 5) is 0. The van der Waals surface area contributed by atoms with Gasteiger partial charge in [-0.25, -0.2) is 0 Å². The van der Waals surface area contributed by atoms with E-state index >= 15 is 0 Å². The zero-order valence-corrected chi connectivity index (χ0v) is 32.4. The molecular weight excluding hydrogens is 616 g/mol. The normalized spacial score (nSPS) is 49.5. The minimum atomic E-state index is -0.427. The van der Waals surface area contributed by atoms with Crippen LogP contribution in [0.3, 0.4) is 0 Å². The van der Waals surface area contributed by atoms with E-state index in [9.17, 15) is 5.11 Å². The van der Waals surface area contributed by atoms with Crippen molar-refractivity contribution in [2.24, 2.45) is 37.9 Å². The lowest BCUT2D eigenvalue weighted by atomic mass is 9.42. The third kappa shape index (κ3) is 6.11. The Labute approximate surface area is 297 Å². The standard InChI is InChI=1S/C42H70O7/c1-8-36(23-43,28-46-39-13-32(4)11-33(5,14-39)18-41(17-32,21-39)48-30-37(9-2)24-44-25-37)29-47-40-15-34(6)12-35(7,16-40)20-42(19-34,22-40)49-31-38(10-3)26-45-27-38/h43H,8-31H2,1-7H3. The average molecular weight is 687 g/mol. The molecule has 0 aromatic rings. The third-order valence-electron chi connectivity index (χ3n) is 15.9. The third-order valence-corrected chi connectivity index (χ3v) is 15.9.